The van der Waals surface area contributed by atoms with Crippen LogP contribution in [0.2, 0.25) is 0 Å². The lowest BCUT2D eigenvalue weighted by atomic mass is 9.76. The number of hydrogen-bond acceptors (Lipinski definition) is 2. The molecular formula is C19H25F3N2O. The van der Waals surface area contributed by atoms with E-state index in [0.717, 1.165) is 51.1 Å². The van der Waals surface area contributed by atoms with E-state index in [4.69, 9.17) is 5.73 Å². The quantitative estimate of drug-likeness (QED) is 0.895. The molecule has 2 fully saturated rings. The number of likely N-dealkylation sites (tertiary alicyclic amines) is 1. The van der Waals surface area contributed by atoms with Gasteiger partial charge in [0, 0.05) is 13.1 Å². The third kappa shape index (κ3) is 4.17. The molecule has 3 nitrogen and oxygen atoms in total. The number of carbonyl (C=O) groups is 1. The van der Waals surface area contributed by atoms with Gasteiger partial charge in [-0.05, 0) is 62.5 Å². The summed E-state index contributed by atoms with van der Waals surface area (Å²) in [5.41, 5.74) is 5.59. The Balaban J connectivity index is 1.56. The molecule has 3 rings (SSSR count). The predicted octanol–water partition coefficient (Wildman–Crippen LogP) is 3.76. The van der Waals surface area contributed by atoms with Crippen LogP contribution in [0, 0.1) is 5.92 Å². The summed E-state index contributed by atoms with van der Waals surface area (Å²) in [6.07, 6.45) is 1.58. The first kappa shape index (κ1) is 18.2. The van der Waals surface area contributed by atoms with Crippen LogP contribution in [-0.2, 0) is 17.4 Å². The minimum Gasteiger partial charge on any atom is -0.341 e. The molecule has 6 heteroatoms. The fourth-order valence-corrected chi connectivity index (χ4v) is 3.85. The number of piperidine rings is 1. The highest BCUT2D eigenvalue weighted by molar-refractivity contribution is 5.87. The molecule has 1 atom stereocenters. The number of benzene rings is 1. The summed E-state index contributed by atoms with van der Waals surface area (Å²) in [7, 11) is 0. The van der Waals surface area contributed by atoms with Crippen LogP contribution in [0.15, 0.2) is 24.3 Å². The molecule has 1 aliphatic carbocycles. The Bertz CT molecular complexity index is 625. The van der Waals surface area contributed by atoms with E-state index in [1.54, 1.807) is 6.07 Å². The third-order valence-corrected chi connectivity index (χ3v) is 5.57. The summed E-state index contributed by atoms with van der Waals surface area (Å²) >= 11 is 0. The molecule has 138 valence electrons. The summed E-state index contributed by atoms with van der Waals surface area (Å²) in [5, 5.41) is 0. The van der Waals surface area contributed by atoms with Gasteiger partial charge in [-0.25, -0.2) is 0 Å². The van der Waals surface area contributed by atoms with E-state index in [-0.39, 0.29) is 5.91 Å². The van der Waals surface area contributed by atoms with Gasteiger partial charge in [0.2, 0.25) is 5.91 Å². The molecule has 1 aliphatic heterocycles. The van der Waals surface area contributed by atoms with Crippen LogP contribution in [0.4, 0.5) is 13.2 Å². The van der Waals surface area contributed by atoms with Crippen LogP contribution in [0.5, 0.6) is 0 Å². The topological polar surface area (TPSA) is 46.3 Å². The maximum absolute atomic E-state index is 12.8. The van der Waals surface area contributed by atoms with E-state index in [0.29, 0.717) is 24.4 Å². The number of rotatable bonds is 4. The van der Waals surface area contributed by atoms with Gasteiger partial charge in [0.25, 0.3) is 0 Å². The van der Waals surface area contributed by atoms with Gasteiger partial charge >= 0.3 is 6.18 Å². The summed E-state index contributed by atoms with van der Waals surface area (Å²) in [5.74, 6) is 0.387. The third-order valence-electron chi connectivity index (χ3n) is 5.57. The fourth-order valence-electron chi connectivity index (χ4n) is 3.85. The first-order chi connectivity index (χ1) is 11.8. The molecular weight excluding hydrogens is 329 g/mol. The Hall–Kier alpha value is -1.56. The second-order valence-corrected chi connectivity index (χ2v) is 7.51. The maximum Gasteiger partial charge on any atom is 0.416 e. The van der Waals surface area contributed by atoms with Crippen LogP contribution >= 0.6 is 0 Å². The summed E-state index contributed by atoms with van der Waals surface area (Å²) in [6, 6.07) is 5.53. The van der Waals surface area contributed by atoms with E-state index in [1.165, 1.54) is 12.1 Å². The van der Waals surface area contributed by atoms with Crippen LogP contribution in [-0.4, -0.2) is 29.4 Å². The number of alkyl halides is 3. The van der Waals surface area contributed by atoms with Crippen LogP contribution < -0.4 is 5.73 Å². The number of halogens is 3. The maximum atomic E-state index is 12.8. The lowest BCUT2D eigenvalue weighted by Gasteiger charge is -2.43. The molecule has 0 radical (unpaired) electrons. The first-order valence-corrected chi connectivity index (χ1v) is 9.02. The molecule has 0 spiro atoms. The predicted molar refractivity (Wildman–Crippen MR) is 89.8 cm³/mol. The van der Waals surface area contributed by atoms with Crippen molar-refractivity contribution in [2.24, 2.45) is 11.7 Å². The number of nitrogens with two attached hydrogens (primary N) is 1. The van der Waals surface area contributed by atoms with Gasteiger partial charge in [0.1, 0.15) is 0 Å². The SMILES string of the molecule is NC1(C(=O)N2CCC[C@@H](CCc3cccc(C(F)(F)F)c3)C2)CCC1. The van der Waals surface area contributed by atoms with Gasteiger partial charge < -0.3 is 10.6 Å². The molecule has 1 amide bonds. The average Bonchev–Trinajstić information content (AvgIpc) is 2.57. The van der Waals surface area contributed by atoms with E-state index < -0.39 is 17.3 Å². The van der Waals surface area contributed by atoms with Crippen molar-refractivity contribution in [3.05, 3.63) is 35.4 Å². The Morgan fingerprint density at radius 2 is 2.04 bits per heavy atom. The van der Waals surface area contributed by atoms with Gasteiger partial charge in [-0.1, -0.05) is 18.2 Å². The van der Waals surface area contributed by atoms with E-state index in [1.807, 2.05) is 4.90 Å². The minimum atomic E-state index is -4.30. The molecule has 1 saturated heterocycles. The monoisotopic (exact) mass is 354 g/mol. The van der Waals surface area contributed by atoms with Crippen molar-refractivity contribution in [1.29, 1.82) is 0 Å². The van der Waals surface area contributed by atoms with Crippen LogP contribution in [0.25, 0.3) is 0 Å². The molecule has 0 bridgehead atoms. The smallest absolute Gasteiger partial charge is 0.341 e. The highest BCUT2D eigenvalue weighted by atomic mass is 19.4. The lowest BCUT2D eigenvalue weighted by Crippen LogP contribution is -2.60. The highest BCUT2D eigenvalue weighted by Crippen LogP contribution is 2.33. The van der Waals surface area contributed by atoms with Crippen molar-refractivity contribution in [3.63, 3.8) is 0 Å². The van der Waals surface area contributed by atoms with Crippen LogP contribution in [0.1, 0.15) is 49.7 Å². The van der Waals surface area contributed by atoms with Gasteiger partial charge in [-0.3, -0.25) is 4.79 Å². The highest BCUT2D eigenvalue weighted by Gasteiger charge is 2.43. The second-order valence-electron chi connectivity index (χ2n) is 7.51. The van der Waals surface area contributed by atoms with Gasteiger partial charge in [0.15, 0.2) is 0 Å². The van der Waals surface area contributed by atoms with E-state index >= 15 is 0 Å². The lowest BCUT2D eigenvalue weighted by molar-refractivity contribution is -0.142. The fraction of sp³-hybridized carbons (Fsp3) is 0.632. The average molecular weight is 354 g/mol. The summed E-state index contributed by atoms with van der Waals surface area (Å²) in [4.78, 5) is 14.4. The molecule has 2 aliphatic rings. The number of hydrogen-bond donors (Lipinski definition) is 1. The van der Waals surface area contributed by atoms with E-state index in [2.05, 4.69) is 0 Å². The first-order valence-electron chi connectivity index (χ1n) is 9.02. The minimum absolute atomic E-state index is 0.0579. The van der Waals surface area contributed by atoms with Crippen molar-refractivity contribution in [2.45, 2.75) is 56.7 Å². The number of amides is 1. The Labute approximate surface area is 146 Å². The zero-order chi connectivity index (χ0) is 18.1. The molecule has 2 N–H and O–H groups in total. The molecule has 1 saturated carbocycles. The molecule has 0 unspecified atom stereocenters. The molecule has 25 heavy (non-hydrogen) atoms. The molecule has 1 aromatic rings. The van der Waals surface area contributed by atoms with Crippen molar-refractivity contribution in [1.82, 2.24) is 4.90 Å². The van der Waals surface area contributed by atoms with Crippen molar-refractivity contribution in [2.75, 3.05) is 13.1 Å². The number of carbonyl (C=O) groups excluding carboxylic acids is 1. The Morgan fingerprint density at radius 1 is 1.28 bits per heavy atom. The number of nitrogens with zero attached hydrogens (tertiary/aromatic N) is 1. The largest absolute Gasteiger partial charge is 0.416 e. The van der Waals surface area contributed by atoms with E-state index in [9.17, 15) is 18.0 Å². The molecule has 1 heterocycles. The summed E-state index contributed by atoms with van der Waals surface area (Å²) in [6.45, 7) is 1.43. The Morgan fingerprint density at radius 3 is 2.68 bits per heavy atom. The second kappa shape index (κ2) is 6.98. The summed E-state index contributed by atoms with van der Waals surface area (Å²) < 4.78 is 38.4. The molecule has 0 aromatic heterocycles. The number of aryl methyl sites for hydroxylation is 1. The van der Waals surface area contributed by atoms with Crippen molar-refractivity contribution in [3.8, 4) is 0 Å². The van der Waals surface area contributed by atoms with Gasteiger partial charge in [-0.2, -0.15) is 13.2 Å². The van der Waals surface area contributed by atoms with Crippen molar-refractivity contribution >= 4 is 5.91 Å². The van der Waals surface area contributed by atoms with Gasteiger partial charge in [0.05, 0.1) is 11.1 Å². The molecule has 1 aromatic carbocycles. The zero-order valence-corrected chi connectivity index (χ0v) is 14.3. The normalized spacial score (nSPS) is 23.2. The Kier molecular flexibility index (Phi) is 5.09. The zero-order valence-electron chi connectivity index (χ0n) is 14.3. The van der Waals surface area contributed by atoms with Gasteiger partial charge in [-0.15, -0.1) is 0 Å². The van der Waals surface area contributed by atoms with Crippen molar-refractivity contribution < 1.29 is 18.0 Å². The standard InChI is InChI=1S/C19H25F3N2O/c20-19(21,22)16-6-1-4-14(12-16)7-8-15-5-2-11-24(13-15)17(25)18(23)9-3-10-18/h1,4,6,12,15H,2-3,5,7-11,13,23H2/t15-/m0/s1. The van der Waals surface area contributed by atoms with Crippen LogP contribution in [0.3, 0.4) is 0 Å².